The van der Waals surface area contributed by atoms with Crippen LogP contribution in [0.2, 0.25) is 0 Å². The number of thioether (sulfide) groups is 1. The van der Waals surface area contributed by atoms with Crippen molar-refractivity contribution in [2.24, 2.45) is 0 Å². The van der Waals surface area contributed by atoms with Gasteiger partial charge in [0.25, 0.3) is 0 Å². The van der Waals surface area contributed by atoms with Crippen molar-refractivity contribution >= 4 is 34.4 Å². The van der Waals surface area contributed by atoms with Crippen LogP contribution in [0.15, 0.2) is 71.9 Å². The summed E-state index contributed by atoms with van der Waals surface area (Å²) in [6.07, 6.45) is 9.09. The number of ketones is 1. The predicted octanol–water partition coefficient (Wildman–Crippen LogP) is 4.85. The SMILES string of the molecule is CSc1ccccc1C(=O)/C=C/c1ccc2cnccc2c1. The molecular formula is C19H15NOS. The summed E-state index contributed by atoms with van der Waals surface area (Å²) in [7, 11) is 0. The molecule has 0 radical (unpaired) electrons. The highest BCUT2D eigenvalue weighted by molar-refractivity contribution is 7.98. The zero-order chi connectivity index (χ0) is 15.4. The molecule has 1 aromatic heterocycles. The third-order valence-electron chi connectivity index (χ3n) is 3.46. The van der Waals surface area contributed by atoms with Gasteiger partial charge in [-0.25, -0.2) is 0 Å². The number of hydrogen-bond acceptors (Lipinski definition) is 3. The van der Waals surface area contributed by atoms with Crippen LogP contribution in [0.4, 0.5) is 0 Å². The van der Waals surface area contributed by atoms with Crippen LogP contribution in [0.25, 0.3) is 16.8 Å². The molecule has 0 spiro atoms. The Hall–Kier alpha value is -2.39. The molecule has 3 heteroatoms. The Morgan fingerprint density at radius 1 is 1.09 bits per heavy atom. The van der Waals surface area contributed by atoms with Gasteiger partial charge < -0.3 is 0 Å². The maximum atomic E-state index is 12.4. The second-order valence-corrected chi connectivity index (χ2v) is 5.73. The zero-order valence-corrected chi connectivity index (χ0v) is 13.0. The van der Waals surface area contributed by atoms with Crippen LogP contribution in [0.3, 0.4) is 0 Å². The first-order chi connectivity index (χ1) is 10.8. The van der Waals surface area contributed by atoms with Gasteiger partial charge in [-0.05, 0) is 47.5 Å². The van der Waals surface area contributed by atoms with E-state index < -0.39 is 0 Å². The smallest absolute Gasteiger partial charge is 0.186 e. The van der Waals surface area contributed by atoms with E-state index in [2.05, 4.69) is 11.1 Å². The number of nitrogens with zero attached hydrogens (tertiary/aromatic N) is 1. The minimum absolute atomic E-state index is 0.0276. The predicted molar refractivity (Wildman–Crippen MR) is 93.3 cm³/mol. The van der Waals surface area contributed by atoms with E-state index in [1.165, 1.54) is 0 Å². The summed E-state index contributed by atoms with van der Waals surface area (Å²) in [5.41, 5.74) is 1.75. The van der Waals surface area contributed by atoms with Gasteiger partial charge in [-0.2, -0.15) is 0 Å². The van der Waals surface area contributed by atoms with E-state index >= 15 is 0 Å². The van der Waals surface area contributed by atoms with Crippen molar-refractivity contribution in [2.75, 3.05) is 6.26 Å². The molecule has 2 aromatic carbocycles. The van der Waals surface area contributed by atoms with Crippen molar-refractivity contribution in [2.45, 2.75) is 4.90 Å². The highest BCUT2D eigenvalue weighted by Crippen LogP contribution is 2.21. The van der Waals surface area contributed by atoms with Crippen LogP contribution < -0.4 is 0 Å². The van der Waals surface area contributed by atoms with E-state index in [0.29, 0.717) is 0 Å². The minimum Gasteiger partial charge on any atom is -0.289 e. The summed E-state index contributed by atoms with van der Waals surface area (Å²) >= 11 is 1.59. The number of rotatable bonds is 4. The fourth-order valence-corrected chi connectivity index (χ4v) is 2.92. The first kappa shape index (κ1) is 14.5. The van der Waals surface area contributed by atoms with Gasteiger partial charge in [-0.15, -0.1) is 11.8 Å². The number of allylic oxidation sites excluding steroid dienone is 1. The average Bonchev–Trinajstić information content (AvgIpc) is 2.59. The van der Waals surface area contributed by atoms with Crippen LogP contribution >= 0.6 is 11.8 Å². The topological polar surface area (TPSA) is 30.0 Å². The first-order valence-corrected chi connectivity index (χ1v) is 8.19. The van der Waals surface area contributed by atoms with Crippen LogP contribution in [-0.4, -0.2) is 17.0 Å². The highest BCUT2D eigenvalue weighted by Gasteiger charge is 2.06. The molecule has 0 saturated heterocycles. The Balaban J connectivity index is 1.87. The van der Waals surface area contributed by atoms with Gasteiger partial charge in [0.2, 0.25) is 0 Å². The monoisotopic (exact) mass is 305 g/mol. The fraction of sp³-hybridized carbons (Fsp3) is 0.0526. The van der Waals surface area contributed by atoms with E-state index in [1.807, 2.05) is 61.0 Å². The van der Waals surface area contributed by atoms with E-state index in [0.717, 1.165) is 26.8 Å². The maximum Gasteiger partial charge on any atom is 0.186 e. The number of benzene rings is 2. The summed E-state index contributed by atoms with van der Waals surface area (Å²) < 4.78 is 0. The molecule has 3 aromatic rings. The molecule has 0 saturated carbocycles. The van der Waals surface area contributed by atoms with Gasteiger partial charge in [0.05, 0.1) is 0 Å². The summed E-state index contributed by atoms with van der Waals surface area (Å²) in [5.74, 6) is 0.0276. The average molecular weight is 305 g/mol. The third kappa shape index (κ3) is 3.10. The standard InChI is InChI=1S/C19H15NOS/c1-22-19-5-3-2-4-17(19)18(21)9-7-14-6-8-16-13-20-11-10-15(16)12-14/h2-13H,1H3/b9-7+. The van der Waals surface area contributed by atoms with E-state index in [-0.39, 0.29) is 5.78 Å². The van der Waals surface area contributed by atoms with Gasteiger partial charge in [0.1, 0.15) is 0 Å². The van der Waals surface area contributed by atoms with Crippen molar-refractivity contribution in [1.29, 1.82) is 0 Å². The highest BCUT2D eigenvalue weighted by atomic mass is 32.2. The van der Waals surface area contributed by atoms with Gasteiger partial charge in [-0.1, -0.05) is 30.3 Å². The number of fused-ring (bicyclic) bond motifs is 1. The molecule has 0 bridgehead atoms. The minimum atomic E-state index is 0.0276. The number of hydrogen-bond donors (Lipinski definition) is 0. The zero-order valence-electron chi connectivity index (χ0n) is 12.2. The number of carbonyl (C=O) groups is 1. The molecule has 0 atom stereocenters. The quantitative estimate of drug-likeness (QED) is 0.392. The molecule has 0 fully saturated rings. The molecule has 3 rings (SSSR count). The summed E-state index contributed by atoms with van der Waals surface area (Å²) in [6, 6.07) is 15.7. The molecule has 22 heavy (non-hydrogen) atoms. The second kappa shape index (κ2) is 6.58. The molecule has 0 N–H and O–H groups in total. The van der Waals surface area contributed by atoms with Crippen molar-refractivity contribution in [3.8, 4) is 0 Å². The lowest BCUT2D eigenvalue weighted by Crippen LogP contribution is -1.96. The molecular weight excluding hydrogens is 290 g/mol. The third-order valence-corrected chi connectivity index (χ3v) is 4.26. The lowest BCUT2D eigenvalue weighted by molar-refractivity contribution is 0.104. The van der Waals surface area contributed by atoms with E-state index in [9.17, 15) is 4.79 Å². The second-order valence-electron chi connectivity index (χ2n) is 4.88. The Bertz CT molecular complexity index is 855. The van der Waals surface area contributed by atoms with Gasteiger partial charge in [0.15, 0.2) is 5.78 Å². The van der Waals surface area contributed by atoms with E-state index in [1.54, 1.807) is 24.0 Å². The lowest BCUT2D eigenvalue weighted by Gasteiger charge is -2.03. The van der Waals surface area contributed by atoms with Crippen molar-refractivity contribution < 1.29 is 4.79 Å². The van der Waals surface area contributed by atoms with Crippen LogP contribution in [0.5, 0.6) is 0 Å². The fourth-order valence-electron chi connectivity index (χ4n) is 2.32. The van der Waals surface area contributed by atoms with Crippen LogP contribution in [0.1, 0.15) is 15.9 Å². The lowest BCUT2D eigenvalue weighted by atomic mass is 10.1. The van der Waals surface area contributed by atoms with Crippen LogP contribution in [0, 0.1) is 0 Å². The summed E-state index contributed by atoms with van der Waals surface area (Å²) in [6.45, 7) is 0. The molecule has 0 unspecified atom stereocenters. The molecule has 0 aliphatic heterocycles. The summed E-state index contributed by atoms with van der Waals surface area (Å²) in [5, 5.41) is 2.22. The molecule has 1 heterocycles. The molecule has 0 aliphatic carbocycles. The largest absolute Gasteiger partial charge is 0.289 e. The maximum absolute atomic E-state index is 12.4. The normalized spacial score (nSPS) is 11.1. The van der Waals surface area contributed by atoms with E-state index in [4.69, 9.17) is 0 Å². The van der Waals surface area contributed by atoms with Crippen LogP contribution in [-0.2, 0) is 0 Å². The van der Waals surface area contributed by atoms with Crippen molar-refractivity contribution in [3.05, 3.63) is 78.1 Å². The Morgan fingerprint density at radius 2 is 1.95 bits per heavy atom. The molecule has 108 valence electrons. The summed E-state index contributed by atoms with van der Waals surface area (Å²) in [4.78, 5) is 17.5. The van der Waals surface area contributed by atoms with Gasteiger partial charge >= 0.3 is 0 Å². The van der Waals surface area contributed by atoms with Crippen molar-refractivity contribution in [3.63, 3.8) is 0 Å². The molecule has 2 nitrogen and oxygen atoms in total. The van der Waals surface area contributed by atoms with Crippen molar-refractivity contribution in [1.82, 2.24) is 4.98 Å². The Labute approximate surface area is 133 Å². The Kier molecular flexibility index (Phi) is 4.35. The number of aromatic nitrogens is 1. The molecule has 0 aliphatic rings. The van der Waals surface area contributed by atoms with Gasteiger partial charge in [0, 0.05) is 28.2 Å². The Morgan fingerprint density at radius 3 is 2.82 bits per heavy atom. The van der Waals surface area contributed by atoms with Gasteiger partial charge in [-0.3, -0.25) is 9.78 Å². The first-order valence-electron chi connectivity index (χ1n) is 6.97. The number of pyridine rings is 1. The number of carbonyl (C=O) groups excluding carboxylic acids is 1. The molecule has 0 amide bonds.